The van der Waals surface area contributed by atoms with Gasteiger partial charge in [0.25, 0.3) is 23.6 Å². The quantitative estimate of drug-likeness (QED) is 0.381. The molecule has 8 heteroatoms. The first kappa shape index (κ1) is 26.4. The van der Waals surface area contributed by atoms with Gasteiger partial charge in [0.15, 0.2) is 0 Å². The zero-order valence-corrected chi connectivity index (χ0v) is 22.6. The molecule has 2 aromatic carbocycles. The van der Waals surface area contributed by atoms with Crippen LogP contribution in [0.15, 0.2) is 65.8 Å². The van der Waals surface area contributed by atoms with Crippen LogP contribution in [0.4, 0.5) is 5.69 Å². The van der Waals surface area contributed by atoms with Crippen molar-refractivity contribution in [2.24, 2.45) is 17.3 Å². The molecule has 0 radical (unpaired) electrons. The maximum absolute atomic E-state index is 13.4. The summed E-state index contributed by atoms with van der Waals surface area (Å²) < 4.78 is 6.12. The SMILES string of the molecule is Cc1cc(C2(C3=CC(=O)NC3=O)CC(C(C)C)CCC2(C)C2=CC(=O)NC2=O)ccc1Oc1ccc(N)cc1. The summed E-state index contributed by atoms with van der Waals surface area (Å²) in [6.07, 6.45) is 4.63. The van der Waals surface area contributed by atoms with E-state index >= 15 is 0 Å². The molecular formula is C31H33N3O5. The number of nitrogens with one attached hydrogen (secondary N) is 2. The number of hydrogen-bond acceptors (Lipinski definition) is 6. The summed E-state index contributed by atoms with van der Waals surface area (Å²) >= 11 is 0. The molecule has 2 aliphatic heterocycles. The number of amides is 4. The van der Waals surface area contributed by atoms with Crippen molar-refractivity contribution in [1.82, 2.24) is 10.6 Å². The zero-order chi connectivity index (χ0) is 28.1. The minimum Gasteiger partial charge on any atom is -0.457 e. The lowest BCUT2D eigenvalue weighted by molar-refractivity contribution is -0.127. The second-order valence-electron chi connectivity index (χ2n) is 11.4. The average molecular weight is 528 g/mol. The molecular weight excluding hydrogens is 494 g/mol. The van der Waals surface area contributed by atoms with Gasteiger partial charge in [-0.3, -0.25) is 29.8 Å². The Bertz CT molecular complexity index is 1460. The van der Waals surface area contributed by atoms with Crippen LogP contribution in [-0.2, 0) is 24.6 Å². The van der Waals surface area contributed by atoms with Gasteiger partial charge in [-0.2, -0.15) is 0 Å². The Morgan fingerprint density at radius 3 is 2.08 bits per heavy atom. The summed E-state index contributed by atoms with van der Waals surface area (Å²) in [5.41, 5.74) is 6.73. The van der Waals surface area contributed by atoms with E-state index in [2.05, 4.69) is 24.5 Å². The Morgan fingerprint density at radius 2 is 1.54 bits per heavy atom. The van der Waals surface area contributed by atoms with Gasteiger partial charge in [0.1, 0.15) is 11.5 Å². The minimum atomic E-state index is -1.05. The number of rotatable bonds is 6. The normalized spacial score (nSPS) is 26.8. The number of aryl methyl sites for hydroxylation is 1. The van der Waals surface area contributed by atoms with Crippen LogP contribution in [0.5, 0.6) is 11.5 Å². The predicted molar refractivity (Wildman–Crippen MR) is 147 cm³/mol. The minimum absolute atomic E-state index is 0.217. The second-order valence-corrected chi connectivity index (χ2v) is 11.4. The van der Waals surface area contributed by atoms with Crippen LogP contribution in [0, 0.1) is 24.2 Å². The molecule has 0 saturated heterocycles. The van der Waals surface area contributed by atoms with E-state index in [1.165, 1.54) is 12.2 Å². The molecule has 1 fully saturated rings. The van der Waals surface area contributed by atoms with E-state index in [1.807, 2.05) is 32.0 Å². The number of nitrogen functional groups attached to an aromatic ring is 1. The maximum atomic E-state index is 13.4. The Morgan fingerprint density at radius 1 is 0.923 bits per heavy atom. The van der Waals surface area contributed by atoms with E-state index in [0.717, 1.165) is 17.5 Å². The van der Waals surface area contributed by atoms with Crippen molar-refractivity contribution in [3.8, 4) is 11.5 Å². The summed E-state index contributed by atoms with van der Waals surface area (Å²) in [7, 11) is 0. The molecule has 8 nitrogen and oxygen atoms in total. The molecule has 2 aromatic rings. The Kier molecular flexibility index (Phi) is 6.45. The van der Waals surface area contributed by atoms with Crippen LogP contribution in [0.3, 0.4) is 0 Å². The average Bonchev–Trinajstić information content (AvgIpc) is 3.41. The highest BCUT2D eigenvalue weighted by atomic mass is 16.5. The van der Waals surface area contributed by atoms with Gasteiger partial charge < -0.3 is 10.5 Å². The molecule has 3 aliphatic rings. The number of nitrogens with two attached hydrogens (primary N) is 1. The first-order valence-electron chi connectivity index (χ1n) is 13.2. The predicted octanol–water partition coefficient (Wildman–Crippen LogP) is 4.24. The number of imide groups is 2. The molecule has 3 atom stereocenters. The third-order valence-corrected chi connectivity index (χ3v) is 8.81. The lowest BCUT2D eigenvalue weighted by Gasteiger charge is -2.56. The van der Waals surface area contributed by atoms with Crippen molar-refractivity contribution in [2.45, 2.75) is 52.4 Å². The number of carbonyl (C=O) groups is 4. The molecule has 3 unspecified atom stereocenters. The molecule has 1 aliphatic carbocycles. The third-order valence-electron chi connectivity index (χ3n) is 8.81. The first-order chi connectivity index (χ1) is 18.4. The number of benzene rings is 2. The van der Waals surface area contributed by atoms with Gasteiger partial charge in [-0.05, 0) is 79.5 Å². The number of carbonyl (C=O) groups excluding carboxylic acids is 4. The van der Waals surface area contributed by atoms with Gasteiger partial charge in [0.05, 0.1) is 0 Å². The van der Waals surface area contributed by atoms with E-state index in [1.54, 1.807) is 24.3 Å². The van der Waals surface area contributed by atoms with Crippen molar-refractivity contribution in [3.63, 3.8) is 0 Å². The van der Waals surface area contributed by atoms with E-state index in [9.17, 15) is 19.2 Å². The summed E-state index contributed by atoms with van der Waals surface area (Å²) in [4.78, 5) is 51.3. The van der Waals surface area contributed by atoms with Gasteiger partial charge in [0.2, 0.25) is 0 Å². The fraction of sp³-hybridized carbons (Fsp3) is 0.355. The van der Waals surface area contributed by atoms with Crippen LogP contribution in [0.25, 0.3) is 0 Å². The first-order valence-corrected chi connectivity index (χ1v) is 13.2. The standard InChI is InChI=1S/C31H33N3O5/c1-17(2)19-11-12-30(4,23-14-26(35)33-28(23)37)31(16-19,24-15-27(36)34-29(24)38)20-5-10-25(18(3)13-20)39-22-8-6-21(32)7-9-22/h5-10,13-15,17,19H,11-12,16,32H2,1-4H3,(H,33,35,37)(H,34,36,38). The summed E-state index contributed by atoms with van der Waals surface area (Å²) in [5, 5.41) is 4.81. The van der Waals surface area contributed by atoms with Crippen molar-refractivity contribution in [2.75, 3.05) is 5.73 Å². The largest absolute Gasteiger partial charge is 0.457 e. The van der Waals surface area contributed by atoms with Crippen molar-refractivity contribution in [1.29, 1.82) is 0 Å². The van der Waals surface area contributed by atoms with Gasteiger partial charge in [-0.15, -0.1) is 0 Å². The van der Waals surface area contributed by atoms with E-state index in [4.69, 9.17) is 10.5 Å². The van der Waals surface area contributed by atoms with Gasteiger partial charge in [0, 0.05) is 39.8 Å². The van der Waals surface area contributed by atoms with Crippen molar-refractivity contribution in [3.05, 3.63) is 76.9 Å². The second kappa shape index (κ2) is 9.52. The Hall–Kier alpha value is -4.20. The molecule has 202 valence electrons. The monoisotopic (exact) mass is 527 g/mol. The topological polar surface area (TPSA) is 128 Å². The van der Waals surface area contributed by atoms with E-state index in [-0.39, 0.29) is 5.92 Å². The highest BCUT2D eigenvalue weighted by molar-refractivity contribution is 6.19. The van der Waals surface area contributed by atoms with Gasteiger partial charge in [-0.25, -0.2) is 0 Å². The lowest BCUT2D eigenvalue weighted by atomic mass is 9.46. The summed E-state index contributed by atoms with van der Waals surface area (Å²) in [5.74, 6) is -0.102. The highest BCUT2D eigenvalue weighted by Gasteiger charge is 2.61. The van der Waals surface area contributed by atoms with Crippen LogP contribution >= 0.6 is 0 Å². The summed E-state index contributed by atoms with van der Waals surface area (Å²) in [6.45, 7) is 8.15. The number of anilines is 1. The van der Waals surface area contributed by atoms with E-state index < -0.39 is 34.5 Å². The van der Waals surface area contributed by atoms with Crippen molar-refractivity contribution < 1.29 is 23.9 Å². The van der Waals surface area contributed by atoms with Gasteiger partial charge in [-0.1, -0.05) is 32.9 Å². The Labute approximate surface area is 227 Å². The molecule has 4 amide bonds. The smallest absolute Gasteiger partial charge is 0.255 e. The van der Waals surface area contributed by atoms with Crippen molar-refractivity contribution >= 4 is 29.3 Å². The highest BCUT2D eigenvalue weighted by Crippen LogP contribution is 2.62. The van der Waals surface area contributed by atoms with Crippen LogP contribution in [-0.4, -0.2) is 23.6 Å². The van der Waals surface area contributed by atoms with E-state index in [0.29, 0.717) is 47.1 Å². The molecule has 0 bridgehead atoms. The van der Waals surface area contributed by atoms with Gasteiger partial charge >= 0.3 is 0 Å². The fourth-order valence-electron chi connectivity index (χ4n) is 6.58. The molecule has 4 N–H and O–H groups in total. The third kappa shape index (κ3) is 4.33. The molecule has 5 rings (SSSR count). The maximum Gasteiger partial charge on any atom is 0.255 e. The zero-order valence-electron chi connectivity index (χ0n) is 22.6. The molecule has 0 aromatic heterocycles. The summed E-state index contributed by atoms with van der Waals surface area (Å²) in [6, 6.07) is 12.8. The van der Waals surface area contributed by atoms with Crippen LogP contribution in [0.2, 0.25) is 0 Å². The number of hydrogen-bond donors (Lipinski definition) is 3. The lowest BCUT2D eigenvalue weighted by Crippen LogP contribution is -2.54. The van der Waals surface area contributed by atoms with Crippen LogP contribution < -0.4 is 21.1 Å². The molecule has 1 saturated carbocycles. The number of ether oxygens (including phenoxy) is 1. The molecule has 2 heterocycles. The fourth-order valence-corrected chi connectivity index (χ4v) is 6.58. The molecule has 39 heavy (non-hydrogen) atoms. The molecule has 0 spiro atoms. The Balaban J connectivity index is 1.72. The van der Waals surface area contributed by atoms with Crippen LogP contribution in [0.1, 0.15) is 51.2 Å².